The Morgan fingerprint density at radius 2 is 2.16 bits per heavy atom. The molecule has 1 aromatic carbocycles. The summed E-state index contributed by atoms with van der Waals surface area (Å²) >= 11 is 8.14. The number of aliphatic carboxylic acids is 1. The van der Waals surface area contributed by atoms with Crippen LogP contribution in [-0.4, -0.2) is 35.6 Å². The van der Waals surface area contributed by atoms with Crippen molar-refractivity contribution in [3.05, 3.63) is 26.8 Å². The number of nitrogens with one attached hydrogen (secondary N) is 1. The van der Waals surface area contributed by atoms with E-state index in [0.717, 1.165) is 3.57 Å². The van der Waals surface area contributed by atoms with Gasteiger partial charge in [0.1, 0.15) is 0 Å². The molecule has 2 amide bonds. The maximum Gasteiger partial charge on any atom is 0.321 e. The molecule has 0 atom stereocenters. The summed E-state index contributed by atoms with van der Waals surface area (Å²) in [7, 11) is 1.61. The molecule has 0 saturated heterocycles. The van der Waals surface area contributed by atoms with Gasteiger partial charge in [0.2, 0.25) is 0 Å². The summed E-state index contributed by atoms with van der Waals surface area (Å²) in [6, 6.07) is 5.01. The molecule has 1 rings (SSSR count). The summed E-state index contributed by atoms with van der Waals surface area (Å²) in [5.41, 5.74) is 0.539. The molecule has 0 aliphatic rings. The fraction of sp³-hybridized carbons (Fsp3) is 0.333. The highest BCUT2D eigenvalue weighted by Gasteiger charge is 2.11. The molecule has 5 nitrogen and oxygen atoms in total. The third-order valence-corrected chi connectivity index (χ3v) is 3.39. The van der Waals surface area contributed by atoms with E-state index >= 15 is 0 Å². The summed E-state index contributed by atoms with van der Waals surface area (Å²) < 4.78 is 0.982. The molecule has 0 saturated carbocycles. The largest absolute Gasteiger partial charge is 0.481 e. The highest BCUT2D eigenvalue weighted by Crippen LogP contribution is 2.24. The van der Waals surface area contributed by atoms with Crippen LogP contribution in [0.25, 0.3) is 0 Å². The Morgan fingerprint density at radius 1 is 1.47 bits per heavy atom. The van der Waals surface area contributed by atoms with Crippen molar-refractivity contribution < 1.29 is 14.7 Å². The number of urea groups is 1. The van der Waals surface area contributed by atoms with E-state index < -0.39 is 5.97 Å². The van der Waals surface area contributed by atoms with E-state index in [1.54, 1.807) is 19.2 Å². The van der Waals surface area contributed by atoms with Gasteiger partial charge < -0.3 is 15.3 Å². The number of anilines is 1. The predicted octanol–water partition coefficient (Wildman–Crippen LogP) is 3.27. The minimum atomic E-state index is -0.866. The third-order valence-electron chi connectivity index (χ3n) is 2.40. The fourth-order valence-electron chi connectivity index (χ4n) is 1.37. The maximum absolute atomic E-state index is 11.8. The highest BCUT2D eigenvalue weighted by molar-refractivity contribution is 14.1. The Kier molecular flexibility index (Phi) is 6.36. The van der Waals surface area contributed by atoms with Crippen molar-refractivity contribution in [2.75, 3.05) is 18.9 Å². The smallest absolute Gasteiger partial charge is 0.321 e. The van der Waals surface area contributed by atoms with Crippen molar-refractivity contribution in [2.24, 2.45) is 0 Å². The quantitative estimate of drug-likeness (QED) is 0.751. The van der Waals surface area contributed by atoms with Gasteiger partial charge in [-0.15, -0.1) is 0 Å². The standard InChI is InChI=1S/C12H14ClIN2O3/c1-16(6-2-3-11(17)18)12(19)15-10-5-4-8(14)7-9(10)13/h4-5,7H,2-3,6H2,1H3,(H,15,19)(H,17,18). The molecule has 0 spiro atoms. The second-order valence-corrected chi connectivity index (χ2v) is 5.63. The lowest BCUT2D eigenvalue weighted by molar-refractivity contribution is -0.137. The summed E-state index contributed by atoms with van der Waals surface area (Å²) in [6.07, 6.45) is 0.460. The molecule has 0 aliphatic heterocycles. The number of carboxylic acids is 1. The van der Waals surface area contributed by atoms with Gasteiger partial charge in [-0.3, -0.25) is 4.79 Å². The van der Waals surface area contributed by atoms with Gasteiger partial charge in [0.05, 0.1) is 10.7 Å². The van der Waals surface area contributed by atoms with Crippen LogP contribution in [0.3, 0.4) is 0 Å². The van der Waals surface area contributed by atoms with Crippen molar-refractivity contribution in [1.82, 2.24) is 4.90 Å². The molecule has 1 aromatic rings. The molecule has 2 N–H and O–H groups in total. The van der Waals surface area contributed by atoms with Gasteiger partial charge in [-0.25, -0.2) is 4.79 Å². The lowest BCUT2D eigenvalue weighted by atomic mass is 10.3. The van der Waals surface area contributed by atoms with Gasteiger partial charge in [-0.1, -0.05) is 11.6 Å². The fourth-order valence-corrected chi connectivity index (χ4v) is 2.27. The van der Waals surface area contributed by atoms with E-state index in [1.165, 1.54) is 4.90 Å². The molecular formula is C12H14ClIN2O3. The van der Waals surface area contributed by atoms with Gasteiger partial charge in [0.25, 0.3) is 0 Å². The van der Waals surface area contributed by atoms with Gasteiger partial charge in [0, 0.05) is 23.6 Å². The first-order valence-corrected chi connectivity index (χ1v) is 7.05. The van der Waals surface area contributed by atoms with Crippen molar-refractivity contribution in [1.29, 1.82) is 0 Å². The van der Waals surface area contributed by atoms with Crippen molar-refractivity contribution >= 4 is 51.9 Å². The van der Waals surface area contributed by atoms with Crippen LogP contribution in [0.1, 0.15) is 12.8 Å². The minimum Gasteiger partial charge on any atom is -0.481 e. The third kappa shape index (κ3) is 5.65. The van der Waals surface area contributed by atoms with Crippen LogP contribution >= 0.6 is 34.2 Å². The van der Waals surface area contributed by atoms with Gasteiger partial charge >= 0.3 is 12.0 Å². The number of benzene rings is 1. The number of carbonyl (C=O) groups excluding carboxylic acids is 1. The highest BCUT2D eigenvalue weighted by atomic mass is 127. The zero-order valence-corrected chi connectivity index (χ0v) is 13.2. The molecule has 0 fully saturated rings. The molecule has 7 heteroatoms. The Hall–Kier alpha value is -1.02. The molecule has 0 aromatic heterocycles. The molecular weight excluding hydrogens is 382 g/mol. The first kappa shape index (κ1) is 16.0. The van der Waals surface area contributed by atoms with E-state index in [1.807, 2.05) is 6.07 Å². The second-order valence-electron chi connectivity index (χ2n) is 3.97. The van der Waals surface area contributed by atoms with E-state index in [2.05, 4.69) is 27.9 Å². The van der Waals surface area contributed by atoms with Crippen LogP contribution in [0, 0.1) is 3.57 Å². The number of carboxylic acid groups (broad SMARTS) is 1. The maximum atomic E-state index is 11.8. The van der Waals surface area contributed by atoms with E-state index in [0.29, 0.717) is 23.7 Å². The van der Waals surface area contributed by atoms with Crippen molar-refractivity contribution in [3.8, 4) is 0 Å². The Morgan fingerprint density at radius 3 is 2.74 bits per heavy atom. The summed E-state index contributed by atoms with van der Waals surface area (Å²) in [5, 5.41) is 11.7. The Bertz CT molecular complexity index is 482. The molecule has 19 heavy (non-hydrogen) atoms. The van der Waals surface area contributed by atoms with Crippen LogP contribution in [0.4, 0.5) is 10.5 Å². The molecule has 0 unspecified atom stereocenters. The van der Waals surface area contributed by atoms with Crippen LogP contribution in [0.2, 0.25) is 5.02 Å². The predicted molar refractivity (Wildman–Crippen MR) is 82.7 cm³/mol. The number of hydrogen-bond donors (Lipinski definition) is 2. The number of halogens is 2. The van der Waals surface area contributed by atoms with Crippen molar-refractivity contribution in [2.45, 2.75) is 12.8 Å². The number of rotatable bonds is 5. The van der Waals surface area contributed by atoms with Crippen LogP contribution < -0.4 is 5.32 Å². The number of carbonyl (C=O) groups is 2. The summed E-state index contributed by atoms with van der Waals surface area (Å²) in [5.74, 6) is -0.866. The first-order chi connectivity index (χ1) is 8.90. The monoisotopic (exact) mass is 396 g/mol. The SMILES string of the molecule is CN(CCCC(=O)O)C(=O)Nc1ccc(I)cc1Cl. The molecule has 0 radical (unpaired) electrons. The van der Waals surface area contributed by atoms with E-state index in [9.17, 15) is 9.59 Å². The number of nitrogens with zero attached hydrogens (tertiary/aromatic N) is 1. The van der Waals surface area contributed by atoms with Gasteiger partial charge in [0.15, 0.2) is 0 Å². The van der Waals surface area contributed by atoms with Crippen LogP contribution in [0.15, 0.2) is 18.2 Å². The molecule has 0 heterocycles. The lowest BCUT2D eigenvalue weighted by Crippen LogP contribution is -2.32. The average molecular weight is 397 g/mol. The zero-order valence-electron chi connectivity index (χ0n) is 10.3. The summed E-state index contributed by atoms with van der Waals surface area (Å²) in [6.45, 7) is 0.375. The van der Waals surface area contributed by atoms with Gasteiger partial charge in [-0.2, -0.15) is 0 Å². The van der Waals surface area contributed by atoms with E-state index in [4.69, 9.17) is 16.7 Å². The molecule has 0 aliphatic carbocycles. The van der Waals surface area contributed by atoms with Gasteiger partial charge in [-0.05, 0) is 47.2 Å². The Balaban J connectivity index is 2.51. The molecule has 0 bridgehead atoms. The number of hydrogen-bond acceptors (Lipinski definition) is 2. The zero-order chi connectivity index (χ0) is 14.4. The van der Waals surface area contributed by atoms with Crippen molar-refractivity contribution in [3.63, 3.8) is 0 Å². The lowest BCUT2D eigenvalue weighted by Gasteiger charge is -2.18. The number of amides is 2. The topological polar surface area (TPSA) is 69.6 Å². The second kappa shape index (κ2) is 7.54. The van der Waals surface area contributed by atoms with Crippen LogP contribution in [-0.2, 0) is 4.79 Å². The first-order valence-electron chi connectivity index (χ1n) is 5.59. The molecule has 104 valence electrons. The van der Waals surface area contributed by atoms with Crippen LogP contribution in [0.5, 0.6) is 0 Å². The van der Waals surface area contributed by atoms with E-state index in [-0.39, 0.29) is 12.5 Å². The average Bonchev–Trinajstić information content (AvgIpc) is 2.32. The Labute approximate surface area is 130 Å². The minimum absolute atomic E-state index is 0.0436. The normalized spacial score (nSPS) is 10.1. The summed E-state index contributed by atoms with van der Waals surface area (Å²) in [4.78, 5) is 23.6.